The Labute approximate surface area is 211 Å². The van der Waals surface area contributed by atoms with Gasteiger partial charge in [-0.3, -0.25) is 19.2 Å². The van der Waals surface area contributed by atoms with Crippen LogP contribution in [0.4, 0.5) is 0 Å². The van der Waals surface area contributed by atoms with E-state index in [1.165, 1.54) is 11.1 Å². The third kappa shape index (κ3) is 5.60. The van der Waals surface area contributed by atoms with Gasteiger partial charge in [0.1, 0.15) is 11.9 Å². The molecule has 1 atom stereocenters. The molecule has 5 rings (SSSR count). The fourth-order valence-corrected chi connectivity index (χ4v) is 5.11. The number of fused-ring (bicyclic) bond motifs is 1. The lowest BCUT2D eigenvalue weighted by Crippen LogP contribution is -2.42. The molecule has 8 heteroatoms. The SMILES string of the molecule is CN(Cc1ccc(OC2CCN(C(=O)C[C@@H]3NC(=O)c4ccccc43)CC2)cc1)Cc1cnn(C)c1. The van der Waals surface area contributed by atoms with Crippen LogP contribution in [0.3, 0.4) is 0 Å². The van der Waals surface area contributed by atoms with Gasteiger partial charge in [-0.15, -0.1) is 0 Å². The molecule has 3 heterocycles. The summed E-state index contributed by atoms with van der Waals surface area (Å²) in [6.45, 7) is 3.04. The highest BCUT2D eigenvalue weighted by molar-refractivity contribution is 5.99. The summed E-state index contributed by atoms with van der Waals surface area (Å²) < 4.78 is 8.04. The minimum absolute atomic E-state index is 0.0789. The molecule has 1 saturated heterocycles. The summed E-state index contributed by atoms with van der Waals surface area (Å²) in [5.41, 5.74) is 4.02. The summed E-state index contributed by atoms with van der Waals surface area (Å²) >= 11 is 0. The Bertz CT molecular complexity index is 1210. The topological polar surface area (TPSA) is 79.7 Å². The highest BCUT2D eigenvalue weighted by Crippen LogP contribution is 2.29. The molecule has 36 heavy (non-hydrogen) atoms. The van der Waals surface area contributed by atoms with E-state index in [-0.39, 0.29) is 24.0 Å². The largest absolute Gasteiger partial charge is 0.490 e. The number of hydrogen-bond donors (Lipinski definition) is 1. The van der Waals surface area contributed by atoms with E-state index in [0.29, 0.717) is 25.1 Å². The van der Waals surface area contributed by atoms with Crippen molar-refractivity contribution in [3.8, 4) is 5.75 Å². The number of ether oxygens (including phenoxy) is 1. The van der Waals surface area contributed by atoms with Gasteiger partial charge in [0.15, 0.2) is 0 Å². The molecule has 0 aliphatic carbocycles. The molecule has 2 amide bonds. The van der Waals surface area contributed by atoms with Gasteiger partial charge in [-0.25, -0.2) is 0 Å². The number of aryl methyl sites for hydroxylation is 1. The first-order chi connectivity index (χ1) is 17.4. The number of carbonyl (C=O) groups is 2. The van der Waals surface area contributed by atoms with Crippen molar-refractivity contribution < 1.29 is 14.3 Å². The van der Waals surface area contributed by atoms with E-state index in [0.717, 1.165) is 37.2 Å². The van der Waals surface area contributed by atoms with Crippen molar-refractivity contribution in [2.45, 2.75) is 44.5 Å². The van der Waals surface area contributed by atoms with Crippen LogP contribution in [-0.4, -0.2) is 57.6 Å². The van der Waals surface area contributed by atoms with Crippen LogP contribution in [0, 0.1) is 0 Å². The molecule has 2 aromatic carbocycles. The Hall–Kier alpha value is -3.65. The first-order valence-corrected chi connectivity index (χ1v) is 12.5. The molecule has 2 aliphatic heterocycles. The first kappa shape index (κ1) is 24.1. The van der Waals surface area contributed by atoms with E-state index in [2.05, 4.69) is 34.5 Å². The lowest BCUT2D eigenvalue weighted by Gasteiger charge is -2.33. The second-order valence-corrected chi connectivity index (χ2v) is 9.85. The van der Waals surface area contributed by atoms with Gasteiger partial charge in [-0.05, 0) is 36.4 Å². The Morgan fingerprint density at radius 1 is 1.08 bits per heavy atom. The van der Waals surface area contributed by atoms with Gasteiger partial charge in [0.2, 0.25) is 5.91 Å². The molecule has 1 N–H and O–H groups in total. The van der Waals surface area contributed by atoms with E-state index < -0.39 is 0 Å². The van der Waals surface area contributed by atoms with Crippen LogP contribution in [0.5, 0.6) is 5.75 Å². The number of carbonyl (C=O) groups excluding carboxylic acids is 2. The van der Waals surface area contributed by atoms with E-state index in [4.69, 9.17) is 4.74 Å². The van der Waals surface area contributed by atoms with Crippen molar-refractivity contribution >= 4 is 11.8 Å². The van der Waals surface area contributed by atoms with Crippen LogP contribution >= 0.6 is 0 Å². The molecule has 0 saturated carbocycles. The van der Waals surface area contributed by atoms with Crippen molar-refractivity contribution in [3.63, 3.8) is 0 Å². The highest BCUT2D eigenvalue weighted by Gasteiger charge is 2.32. The van der Waals surface area contributed by atoms with Crippen molar-refractivity contribution in [1.82, 2.24) is 24.9 Å². The fourth-order valence-electron chi connectivity index (χ4n) is 5.11. The van der Waals surface area contributed by atoms with Gasteiger partial charge >= 0.3 is 0 Å². The third-order valence-corrected chi connectivity index (χ3v) is 6.95. The predicted octanol–water partition coefficient (Wildman–Crippen LogP) is 3.30. The Balaban J connectivity index is 1.07. The highest BCUT2D eigenvalue weighted by atomic mass is 16.5. The summed E-state index contributed by atoms with van der Waals surface area (Å²) in [6.07, 6.45) is 5.94. The zero-order valence-corrected chi connectivity index (χ0v) is 20.9. The number of amides is 2. The molecule has 0 radical (unpaired) electrons. The standard InChI is InChI=1S/C28H33N5O3/c1-31(18-21-16-29-32(2)19-21)17-20-7-9-22(10-8-20)36-23-11-13-33(14-12-23)27(34)15-26-24-5-3-4-6-25(24)28(35)30-26/h3-10,16,19,23,26H,11-15,17-18H2,1-2H3,(H,30,35)/t26-/m0/s1. The second-order valence-electron chi connectivity index (χ2n) is 9.85. The average Bonchev–Trinajstić information content (AvgIpc) is 3.43. The molecular formula is C28H33N5O3. The molecule has 3 aromatic rings. The molecule has 0 spiro atoms. The number of hydrogen-bond acceptors (Lipinski definition) is 5. The van der Waals surface area contributed by atoms with Crippen molar-refractivity contribution in [3.05, 3.63) is 83.2 Å². The minimum Gasteiger partial charge on any atom is -0.490 e. The van der Waals surface area contributed by atoms with Crippen LogP contribution in [0.2, 0.25) is 0 Å². The van der Waals surface area contributed by atoms with Gasteiger partial charge in [-0.1, -0.05) is 30.3 Å². The molecule has 188 valence electrons. The lowest BCUT2D eigenvalue weighted by atomic mass is 10.0. The number of benzene rings is 2. The molecule has 0 bridgehead atoms. The quantitative estimate of drug-likeness (QED) is 0.528. The Morgan fingerprint density at radius 2 is 1.81 bits per heavy atom. The maximum Gasteiger partial charge on any atom is 0.252 e. The molecule has 2 aliphatic rings. The normalized spacial score (nSPS) is 17.8. The van der Waals surface area contributed by atoms with E-state index >= 15 is 0 Å². The van der Waals surface area contributed by atoms with E-state index in [1.807, 2.05) is 65.4 Å². The van der Waals surface area contributed by atoms with E-state index in [9.17, 15) is 9.59 Å². The second kappa shape index (κ2) is 10.5. The molecule has 1 aromatic heterocycles. The van der Waals surface area contributed by atoms with E-state index in [1.54, 1.807) is 0 Å². The molecule has 0 unspecified atom stereocenters. The van der Waals surface area contributed by atoms with Crippen LogP contribution in [0.1, 0.15) is 52.4 Å². The first-order valence-electron chi connectivity index (χ1n) is 12.5. The van der Waals surface area contributed by atoms with Crippen LogP contribution in [0.25, 0.3) is 0 Å². The summed E-state index contributed by atoms with van der Waals surface area (Å²) in [4.78, 5) is 29.2. The van der Waals surface area contributed by atoms with Crippen molar-refractivity contribution in [1.29, 1.82) is 0 Å². The maximum absolute atomic E-state index is 12.9. The van der Waals surface area contributed by atoms with Gasteiger partial charge in [0, 0.05) is 63.4 Å². The van der Waals surface area contributed by atoms with Crippen molar-refractivity contribution in [2.24, 2.45) is 7.05 Å². The number of rotatable bonds is 8. The maximum atomic E-state index is 12.9. The number of aromatic nitrogens is 2. The smallest absolute Gasteiger partial charge is 0.252 e. The lowest BCUT2D eigenvalue weighted by molar-refractivity contribution is -0.133. The van der Waals surface area contributed by atoms with Gasteiger partial charge < -0.3 is 15.0 Å². The number of nitrogens with one attached hydrogen (secondary N) is 1. The predicted molar refractivity (Wildman–Crippen MR) is 136 cm³/mol. The summed E-state index contributed by atoms with van der Waals surface area (Å²) in [5.74, 6) is 0.848. The fraction of sp³-hybridized carbons (Fsp3) is 0.393. The zero-order chi connectivity index (χ0) is 25.1. The van der Waals surface area contributed by atoms with Gasteiger partial charge in [0.25, 0.3) is 5.91 Å². The summed E-state index contributed by atoms with van der Waals surface area (Å²) in [6, 6.07) is 15.5. The van der Waals surface area contributed by atoms with Crippen LogP contribution in [0.15, 0.2) is 60.9 Å². The Kier molecular flexibility index (Phi) is 7.04. The van der Waals surface area contributed by atoms with Gasteiger partial charge in [0.05, 0.1) is 18.7 Å². The van der Waals surface area contributed by atoms with Crippen LogP contribution in [-0.2, 0) is 24.9 Å². The monoisotopic (exact) mass is 487 g/mol. The van der Waals surface area contributed by atoms with Crippen molar-refractivity contribution in [2.75, 3.05) is 20.1 Å². The summed E-state index contributed by atoms with van der Waals surface area (Å²) in [7, 11) is 4.03. The molecule has 1 fully saturated rings. The third-order valence-electron chi connectivity index (χ3n) is 6.95. The minimum atomic E-state index is -0.239. The number of nitrogens with zero attached hydrogens (tertiary/aromatic N) is 4. The van der Waals surface area contributed by atoms with Crippen LogP contribution < -0.4 is 10.1 Å². The average molecular weight is 488 g/mol. The number of likely N-dealkylation sites (tertiary alicyclic amines) is 1. The van der Waals surface area contributed by atoms with Gasteiger partial charge in [-0.2, -0.15) is 5.10 Å². The molecule has 8 nitrogen and oxygen atoms in total. The molecular weight excluding hydrogens is 454 g/mol. The number of piperidine rings is 1. The zero-order valence-electron chi connectivity index (χ0n) is 20.9. The summed E-state index contributed by atoms with van der Waals surface area (Å²) in [5, 5.41) is 7.17. The Morgan fingerprint density at radius 3 is 2.53 bits per heavy atom.